The molecule has 0 saturated carbocycles. The van der Waals surface area contributed by atoms with Gasteiger partial charge in [0, 0.05) is 24.7 Å². The highest BCUT2D eigenvalue weighted by Crippen LogP contribution is 2.23. The zero-order chi connectivity index (χ0) is 14.2. The zero-order valence-electron chi connectivity index (χ0n) is 11.4. The molecule has 0 saturated heterocycles. The van der Waals surface area contributed by atoms with E-state index in [2.05, 4.69) is 44.1 Å². The molecule has 5 heteroatoms. The van der Waals surface area contributed by atoms with E-state index < -0.39 is 0 Å². The van der Waals surface area contributed by atoms with Gasteiger partial charge in [0.05, 0.1) is 6.61 Å². The topological polar surface area (TPSA) is 30.5 Å². The van der Waals surface area contributed by atoms with Gasteiger partial charge in [-0.1, -0.05) is 15.9 Å². The first kappa shape index (κ1) is 15.5. The monoisotopic (exact) mass is 355 g/mol. The summed E-state index contributed by atoms with van der Waals surface area (Å²) in [7, 11) is 1.70. The van der Waals surface area contributed by atoms with Gasteiger partial charge >= 0.3 is 0 Å². The second-order valence-electron chi connectivity index (χ2n) is 4.34. The molecule has 1 aromatic carbocycles. The summed E-state index contributed by atoms with van der Waals surface area (Å²) in [5.74, 6) is 0.892. The number of methoxy groups -OCH3 is 1. The van der Waals surface area contributed by atoms with E-state index in [1.807, 2.05) is 12.1 Å². The second kappa shape index (κ2) is 8.42. The van der Waals surface area contributed by atoms with Gasteiger partial charge in [0.2, 0.25) is 0 Å². The van der Waals surface area contributed by atoms with Crippen LogP contribution in [0.25, 0.3) is 0 Å². The van der Waals surface area contributed by atoms with E-state index in [0.29, 0.717) is 13.2 Å². The van der Waals surface area contributed by atoms with E-state index in [9.17, 15) is 0 Å². The Kier molecular flexibility index (Phi) is 6.53. The molecule has 0 unspecified atom stereocenters. The second-order valence-corrected chi connectivity index (χ2v) is 5.98. The van der Waals surface area contributed by atoms with Gasteiger partial charge in [-0.25, -0.2) is 0 Å². The van der Waals surface area contributed by atoms with E-state index in [4.69, 9.17) is 9.47 Å². The van der Waals surface area contributed by atoms with Crippen molar-refractivity contribution in [2.75, 3.05) is 20.3 Å². The lowest BCUT2D eigenvalue weighted by atomic mass is 10.2. The van der Waals surface area contributed by atoms with Crippen molar-refractivity contribution in [3.05, 3.63) is 50.6 Å². The van der Waals surface area contributed by atoms with Gasteiger partial charge in [-0.3, -0.25) is 0 Å². The van der Waals surface area contributed by atoms with Crippen LogP contribution in [0.1, 0.15) is 11.1 Å². The Morgan fingerprint density at radius 1 is 1.30 bits per heavy atom. The predicted octanol–water partition coefficient (Wildman–Crippen LogP) is 3.83. The number of benzene rings is 1. The summed E-state index contributed by atoms with van der Waals surface area (Å²) in [6.07, 6.45) is 0. The summed E-state index contributed by atoms with van der Waals surface area (Å²) in [5, 5.41) is 7.50. The van der Waals surface area contributed by atoms with Crippen molar-refractivity contribution in [1.29, 1.82) is 0 Å². The van der Waals surface area contributed by atoms with E-state index in [-0.39, 0.29) is 0 Å². The summed E-state index contributed by atoms with van der Waals surface area (Å²) in [4.78, 5) is 0. The van der Waals surface area contributed by atoms with E-state index >= 15 is 0 Å². The van der Waals surface area contributed by atoms with Crippen LogP contribution in [0.15, 0.2) is 39.5 Å². The molecule has 0 amide bonds. The van der Waals surface area contributed by atoms with Crippen LogP contribution in [-0.4, -0.2) is 20.3 Å². The number of thiophene rings is 1. The van der Waals surface area contributed by atoms with Crippen molar-refractivity contribution in [2.45, 2.75) is 13.2 Å². The summed E-state index contributed by atoms with van der Waals surface area (Å²) in [6, 6.07) is 8.15. The summed E-state index contributed by atoms with van der Waals surface area (Å²) < 4.78 is 11.9. The fraction of sp³-hybridized carbons (Fsp3) is 0.333. The van der Waals surface area contributed by atoms with E-state index in [1.54, 1.807) is 18.4 Å². The quantitative estimate of drug-likeness (QED) is 0.730. The zero-order valence-corrected chi connectivity index (χ0v) is 13.8. The third kappa shape index (κ3) is 4.90. The molecule has 0 aliphatic carbocycles. The number of ether oxygens (including phenoxy) is 2. The highest BCUT2D eigenvalue weighted by Gasteiger charge is 2.03. The molecule has 0 atom stereocenters. The maximum atomic E-state index is 5.81. The highest BCUT2D eigenvalue weighted by atomic mass is 79.9. The molecule has 1 N–H and O–H groups in total. The van der Waals surface area contributed by atoms with Crippen molar-refractivity contribution < 1.29 is 9.47 Å². The number of nitrogens with one attached hydrogen (secondary N) is 1. The van der Waals surface area contributed by atoms with Gasteiger partial charge in [0.1, 0.15) is 12.4 Å². The third-order valence-corrected chi connectivity index (χ3v) is 4.31. The van der Waals surface area contributed by atoms with E-state index in [1.165, 1.54) is 11.1 Å². The molecular weight excluding hydrogens is 338 g/mol. The van der Waals surface area contributed by atoms with Gasteiger partial charge in [-0.2, -0.15) is 11.3 Å². The molecule has 1 heterocycles. The Morgan fingerprint density at radius 2 is 2.20 bits per heavy atom. The van der Waals surface area contributed by atoms with Gasteiger partial charge < -0.3 is 14.8 Å². The maximum Gasteiger partial charge on any atom is 0.120 e. The van der Waals surface area contributed by atoms with Crippen LogP contribution in [-0.2, 0) is 17.9 Å². The number of hydrogen-bond donors (Lipinski definition) is 1. The number of hydrogen-bond acceptors (Lipinski definition) is 4. The minimum Gasteiger partial charge on any atom is -0.489 e. The predicted molar refractivity (Wildman–Crippen MR) is 86.4 cm³/mol. The normalized spacial score (nSPS) is 10.7. The highest BCUT2D eigenvalue weighted by molar-refractivity contribution is 9.10. The van der Waals surface area contributed by atoms with Crippen LogP contribution >= 0.6 is 27.3 Å². The first-order valence-corrected chi connectivity index (χ1v) is 8.15. The van der Waals surface area contributed by atoms with Crippen molar-refractivity contribution in [3.63, 3.8) is 0 Å². The Balaban J connectivity index is 1.90. The maximum absolute atomic E-state index is 5.81. The lowest BCUT2D eigenvalue weighted by Crippen LogP contribution is -2.18. The summed E-state index contributed by atoms with van der Waals surface area (Å²) >= 11 is 5.25. The summed E-state index contributed by atoms with van der Waals surface area (Å²) in [6.45, 7) is 2.95. The number of rotatable bonds is 8. The van der Waals surface area contributed by atoms with Crippen molar-refractivity contribution in [3.8, 4) is 5.75 Å². The molecular formula is C15H18BrNO2S. The van der Waals surface area contributed by atoms with Crippen molar-refractivity contribution in [2.24, 2.45) is 0 Å². The van der Waals surface area contributed by atoms with Crippen LogP contribution < -0.4 is 10.1 Å². The molecule has 0 aliphatic heterocycles. The van der Waals surface area contributed by atoms with E-state index in [0.717, 1.165) is 23.3 Å². The molecule has 0 bridgehead atoms. The van der Waals surface area contributed by atoms with Crippen LogP contribution in [0, 0.1) is 0 Å². The van der Waals surface area contributed by atoms with Crippen molar-refractivity contribution >= 4 is 27.3 Å². The first-order chi connectivity index (χ1) is 9.79. The third-order valence-electron chi connectivity index (χ3n) is 2.80. The molecule has 3 nitrogen and oxygen atoms in total. The van der Waals surface area contributed by atoms with Crippen LogP contribution in [0.5, 0.6) is 5.75 Å². The SMILES string of the molecule is COCCNCc1cc(OCc2ccsc2)ccc1Br. The van der Waals surface area contributed by atoms with Gasteiger partial charge in [-0.15, -0.1) is 0 Å². The fourth-order valence-corrected chi connectivity index (χ4v) is 2.76. The van der Waals surface area contributed by atoms with Crippen LogP contribution in [0.2, 0.25) is 0 Å². The smallest absolute Gasteiger partial charge is 0.120 e. The minimum atomic E-state index is 0.613. The van der Waals surface area contributed by atoms with Gasteiger partial charge in [-0.05, 0) is 46.2 Å². The molecule has 0 radical (unpaired) electrons. The Hall–Kier alpha value is -0.880. The van der Waals surface area contributed by atoms with Gasteiger partial charge in [0.25, 0.3) is 0 Å². The lowest BCUT2D eigenvalue weighted by molar-refractivity contribution is 0.199. The molecule has 1 aromatic heterocycles. The molecule has 20 heavy (non-hydrogen) atoms. The number of halogens is 1. The molecule has 2 aromatic rings. The Bertz CT molecular complexity index is 517. The average Bonchev–Trinajstić information content (AvgIpc) is 2.97. The molecule has 0 spiro atoms. The standard InChI is InChI=1S/C15H18BrNO2S/c1-18-6-5-17-9-13-8-14(2-3-15(13)16)19-10-12-4-7-20-11-12/h2-4,7-8,11,17H,5-6,9-10H2,1H3. The Labute approximate surface area is 132 Å². The largest absolute Gasteiger partial charge is 0.489 e. The molecule has 0 fully saturated rings. The summed E-state index contributed by atoms with van der Waals surface area (Å²) in [5.41, 5.74) is 2.39. The first-order valence-electron chi connectivity index (χ1n) is 6.41. The molecule has 2 rings (SSSR count). The fourth-order valence-electron chi connectivity index (χ4n) is 1.72. The lowest BCUT2D eigenvalue weighted by Gasteiger charge is -2.10. The van der Waals surface area contributed by atoms with Crippen LogP contribution in [0.3, 0.4) is 0 Å². The Morgan fingerprint density at radius 3 is 2.95 bits per heavy atom. The molecule has 108 valence electrons. The average molecular weight is 356 g/mol. The van der Waals surface area contributed by atoms with Gasteiger partial charge in [0.15, 0.2) is 0 Å². The molecule has 0 aliphatic rings. The minimum absolute atomic E-state index is 0.613. The van der Waals surface area contributed by atoms with Crippen LogP contribution in [0.4, 0.5) is 0 Å². The van der Waals surface area contributed by atoms with Crippen molar-refractivity contribution in [1.82, 2.24) is 5.32 Å².